The third kappa shape index (κ3) is 1.99. The van der Waals surface area contributed by atoms with Crippen LogP contribution in [0.25, 0.3) is 0 Å². The van der Waals surface area contributed by atoms with Crippen molar-refractivity contribution in [1.82, 2.24) is 15.2 Å². The van der Waals surface area contributed by atoms with E-state index in [0.717, 1.165) is 24.5 Å². The lowest BCUT2D eigenvalue weighted by Gasteiger charge is -1.95. The van der Waals surface area contributed by atoms with Gasteiger partial charge in [0, 0.05) is 12.8 Å². The molecule has 1 aromatic heterocycles. The van der Waals surface area contributed by atoms with Crippen LogP contribution in [-0.2, 0) is 12.8 Å². The van der Waals surface area contributed by atoms with Gasteiger partial charge < -0.3 is 0 Å². The molecule has 0 saturated carbocycles. The highest BCUT2D eigenvalue weighted by atomic mass is 15.2. The molecule has 0 bridgehead atoms. The zero-order valence-electron chi connectivity index (χ0n) is 8.20. The van der Waals surface area contributed by atoms with Crippen molar-refractivity contribution in [2.24, 2.45) is 0 Å². The quantitative estimate of drug-likeness (QED) is 0.798. The standard InChI is InChI=1S/C11H13N3/c1-2-10-12-11(14-13-10)8-9-6-4-3-5-7-9/h3-7H,2,8H2,1H3,(H,12,13,14). The number of aromatic nitrogens is 3. The maximum atomic E-state index is 4.36. The van der Waals surface area contributed by atoms with Crippen molar-refractivity contribution < 1.29 is 0 Å². The fraction of sp³-hybridized carbons (Fsp3) is 0.273. The van der Waals surface area contributed by atoms with Crippen molar-refractivity contribution in [3.63, 3.8) is 0 Å². The van der Waals surface area contributed by atoms with Crippen LogP contribution in [0, 0.1) is 0 Å². The Morgan fingerprint density at radius 3 is 2.64 bits per heavy atom. The molecule has 0 atom stereocenters. The summed E-state index contributed by atoms with van der Waals surface area (Å²) in [6, 6.07) is 10.3. The van der Waals surface area contributed by atoms with Crippen molar-refractivity contribution in [3.8, 4) is 0 Å². The summed E-state index contributed by atoms with van der Waals surface area (Å²) in [6.07, 6.45) is 1.71. The maximum absolute atomic E-state index is 4.36. The fourth-order valence-electron chi connectivity index (χ4n) is 1.36. The Hall–Kier alpha value is -1.64. The second-order valence-corrected chi connectivity index (χ2v) is 3.21. The first-order chi connectivity index (χ1) is 6.88. The second kappa shape index (κ2) is 4.05. The van der Waals surface area contributed by atoms with E-state index >= 15 is 0 Å². The minimum Gasteiger partial charge on any atom is -0.263 e. The molecule has 72 valence electrons. The largest absolute Gasteiger partial charge is 0.263 e. The van der Waals surface area contributed by atoms with Gasteiger partial charge in [0.15, 0.2) is 0 Å². The van der Waals surface area contributed by atoms with Gasteiger partial charge in [0.1, 0.15) is 11.6 Å². The molecule has 2 rings (SSSR count). The summed E-state index contributed by atoms with van der Waals surface area (Å²) in [4.78, 5) is 4.36. The van der Waals surface area contributed by atoms with Crippen LogP contribution < -0.4 is 0 Å². The van der Waals surface area contributed by atoms with Crippen molar-refractivity contribution in [2.45, 2.75) is 19.8 Å². The monoisotopic (exact) mass is 187 g/mol. The van der Waals surface area contributed by atoms with Gasteiger partial charge in [-0.05, 0) is 5.56 Å². The van der Waals surface area contributed by atoms with E-state index in [9.17, 15) is 0 Å². The van der Waals surface area contributed by atoms with Crippen LogP contribution in [0.4, 0.5) is 0 Å². The van der Waals surface area contributed by atoms with Gasteiger partial charge in [-0.25, -0.2) is 4.98 Å². The van der Waals surface area contributed by atoms with Crippen LogP contribution >= 0.6 is 0 Å². The summed E-state index contributed by atoms with van der Waals surface area (Å²) >= 11 is 0. The predicted octanol–water partition coefficient (Wildman–Crippen LogP) is 1.96. The molecule has 0 amide bonds. The molecule has 0 spiro atoms. The van der Waals surface area contributed by atoms with Crippen LogP contribution in [-0.4, -0.2) is 15.2 Å². The molecule has 1 N–H and O–H groups in total. The normalized spacial score (nSPS) is 10.4. The number of benzene rings is 1. The Labute approximate surface area is 83.2 Å². The van der Waals surface area contributed by atoms with E-state index in [-0.39, 0.29) is 0 Å². The van der Waals surface area contributed by atoms with E-state index < -0.39 is 0 Å². The molecule has 1 heterocycles. The van der Waals surface area contributed by atoms with Gasteiger partial charge in [-0.2, -0.15) is 5.10 Å². The summed E-state index contributed by atoms with van der Waals surface area (Å²) < 4.78 is 0. The Bertz CT molecular complexity index is 392. The molecule has 3 heteroatoms. The van der Waals surface area contributed by atoms with Crippen LogP contribution in [0.1, 0.15) is 24.1 Å². The van der Waals surface area contributed by atoms with Crippen molar-refractivity contribution in [2.75, 3.05) is 0 Å². The Morgan fingerprint density at radius 2 is 2.00 bits per heavy atom. The lowest BCUT2D eigenvalue weighted by Crippen LogP contribution is -1.90. The summed E-state index contributed by atoms with van der Waals surface area (Å²) in [5.41, 5.74) is 1.26. The van der Waals surface area contributed by atoms with Gasteiger partial charge in [0.25, 0.3) is 0 Å². The van der Waals surface area contributed by atoms with Crippen LogP contribution in [0.3, 0.4) is 0 Å². The molecule has 1 aromatic carbocycles. The van der Waals surface area contributed by atoms with Gasteiger partial charge in [-0.15, -0.1) is 0 Å². The third-order valence-electron chi connectivity index (χ3n) is 2.11. The van der Waals surface area contributed by atoms with Gasteiger partial charge >= 0.3 is 0 Å². The van der Waals surface area contributed by atoms with Crippen molar-refractivity contribution >= 4 is 0 Å². The molecule has 3 nitrogen and oxygen atoms in total. The summed E-state index contributed by atoms with van der Waals surface area (Å²) in [5, 5.41) is 7.04. The number of aryl methyl sites for hydroxylation is 1. The van der Waals surface area contributed by atoms with E-state index in [4.69, 9.17) is 0 Å². The zero-order chi connectivity index (χ0) is 9.80. The highest BCUT2D eigenvalue weighted by Gasteiger charge is 2.01. The molecule has 0 saturated heterocycles. The maximum Gasteiger partial charge on any atom is 0.150 e. The third-order valence-corrected chi connectivity index (χ3v) is 2.11. The number of hydrogen-bond donors (Lipinski definition) is 1. The number of aromatic amines is 1. The first-order valence-corrected chi connectivity index (χ1v) is 4.82. The molecule has 0 unspecified atom stereocenters. The molecule has 14 heavy (non-hydrogen) atoms. The van der Waals surface area contributed by atoms with E-state index in [0.29, 0.717) is 0 Å². The van der Waals surface area contributed by atoms with Crippen LogP contribution in [0.5, 0.6) is 0 Å². The minimum absolute atomic E-state index is 0.827. The smallest absolute Gasteiger partial charge is 0.150 e. The Balaban J connectivity index is 2.11. The highest BCUT2D eigenvalue weighted by Crippen LogP contribution is 2.04. The molecular formula is C11H13N3. The fourth-order valence-corrected chi connectivity index (χ4v) is 1.36. The number of nitrogens with one attached hydrogen (secondary N) is 1. The number of hydrogen-bond acceptors (Lipinski definition) is 2. The summed E-state index contributed by atoms with van der Waals surface area (Å²) in [5.74, 6) is 1.82. The number of nitrogens with zero attached hydrogens (tertiary/aromatic N) is 2. The average molecular weight is 187 g/mol. The number of H-pyrrole nitrogens is 1. The van der Waals surface area contributed by atoms with Gasteiger partial charge in [-0.1, -0.05) is 37.3 Å². The molecular weight excluding hydrogens is 174 g/mol. The Morgan fingerprint density at radius 1 is 1.21 bits per heavy atom. The van der Waals surface area contributed by atoms with Crippen molar-refractivity contribution in [1.29, 1.82) is 0 Å². The van der Waals surface area contributed by atoms with Gasteiger partial charge in [-0.3, -0.25) is 5.10 Å². The van der Waals surface area contributed by atoms with E-state index in [1.54, 1.807) is 0 Å². The van der Waals surface area contributed by atoms with Gasteiger partial charge in [0.2, 0.25) is 0 Å². The molecule has 0 radical (unpaired) electrons. The van der Waals surface area contributed by atoms with Crippen LogP contribution in [0.15, 0.2) is 30.3 Å². The SMILES string of the molecule is CCc1n[nH]c(Cc2ccccc2)n1. The molecule has 0 aliphatic rings. The van der Waals surface area contributed by atoms with E-state index in [1.165, 1.54) is 5.56 Å². The molecule has 0 fully saturated rings. The molecule has 0 aliphatic carbocycles. The highest BCUT2D eigenvalue weighted by molar-refractivity contribution is 5.18. The lowest BCUT2D eigenvalue weighted by atomic mass is 10.1. The second-order valence-electron chi connectivity index (χ2n) is 3.21. The van der Waals surface area contributed by atoms with Crippen LogP contribution in [0.2, 0.25) is 0 Å². The number of rotatable bonds is 3. The minimum atomic E-state index is 0.827. The Kier molecular flexibility index (Phi) is 2.58. The summed E-state index contributed by atoms with van der Waals surface area (Å²) in [6.45, 7) is 2.05. The zero-order valence-corrected chi connectivity index (χ0v) is 8.20. The first kappa shape index (κ1) is 8.94. The van der Waals surface area contributed by atoms with E-state index in [1.807, 2.05) is 18.2 Å². The average Bonchev–Trinajstić information content (AvgIpc) is 2.67. The summed E-state index contributed by atoms with van der Waals surface area (Å²) in [7, 11) is 0. The molecule has 0 aliphatic heterocycles. The van der Waals surface area contributed by atoms with Crippen molar-refractivity contribution in [3.05, 3.63) is 47.5 Å². The van der Waals surface area contributed by atoms with Gasteiger partial charge in [0.05, 0.1) is 0 Å². The first-order valence-electron chi connectivity index (χ1n) is 4.82. The topological polar surface area (TPSA) is 41.6 Å². The lowest BCUT2D eigenvalue weighted by molar-refractivity contribution is 0.942. The van der Waals surface area contributed by atoms with E-state index in [2.05, 4.69) is 34.2 Å². The molecule has 2 aromatic rings. The predicted molar refractivity (Wildman–Crippen MR) is 55.0 cm³/mol.